The Morgan fingerprint density at radius 1 is 0.615 bits per heavy atom. The van der Waals surface area contributed by atoms with Crippen molar-refractivity contribution in [2.24, 2.45) is 0 Å². The second kappa shape index (κ2) is 6.02. The Morgan fingerprint density at radius 3 is 1.08 bits per heavy atom. The van der Waals surface area contributed by atoms with Crippen LogP contribution in [0.3, 0.4) is 0 Å². The molecule has 0 aliphatic carbocycles. The Morgan fingerprint density at radius 2 is 0.885 bits per heavy atom. The maximum absolute atomic E-state index is 11.9. The maximum atomic E-state index is 11.9. The fourth-order valence-electron chi connectivity index (χ4n) is 2.91. The third-order valence-corrected chi connectivity index (χ3v) is 6.00. The van der Waals surface area contributed by atoms with Crippen LogP contribution in [0.5, 0.6) is 0 Å². The van der Waals surface area contributed by atoms with Crippen LogP contribution in [0.15, 0.2) is 34.1 Å². The van der Waals surface area contributed by atoms with Gasteiger partial charge < -0.3 is 0 Å². The Labute approximate surface area is 154 Å². The summed E-state index contributed by atoms with van der Waals surface area (Å²) in [5, 5.41) is 0.922. The van der Waals surface area contributed by atoms with E-state index in [1.54, 1.807) is 53.7 Å². The van der Waals surface area contributed by atoms with E-state index in [9.17, 15) is 25.9 Å². The Bertz CT molecular complexity index is 994. The van der Waals surface area contributed by atoms with Crippen molar-refractivity contribution in [3.63, 3.8) is 0 Å². The smallest absolute Gasteiger partial charge is 0.282 e. The van der Waals surface area contributed by atoms with E-state index in [-0.39, 0.29) is 9.79 Å². The highest BCUT2D eigenvalue weighted by molar-refractivity contribution is 7.86. The van der Waals surface area contributed by atoms with Crippen LogP contribution in [0.4, 0.5) is 0 Å². The van der Waals surface area contributed by atoms with Crippen molar-refractivity contribution in [1.29, 1.82) is 0 Å². The summed E-state index contributed by atoms with van der Waals surface area (Å²) in [7, 11) is -8.93. The molecule has 0 aliphatic rings. The van der Waals surface area contributed by atoms with E-state index in [0.29, 0.717) is 21.9 Å². The zero-order valence-electron chi connectivity index (χ0n) is 15.7. The summed E-state index contributed by atoms with van der Waals surface area (Å²) in [6, 6.07) is 5.77. The lowest BCUT2D eigenvalue weighted by molar-refractivity contribution is 0.474. The molecule has 2 N–H and O–H groups in total. The Balaban J connectivity index is 3.06. The fourth-order valence-corrected chi connectivity index (χ4v) is 4.74. The molecule has 0 saturated carbocycles. The third kappa shape index (κ3) is 4.09. The van der Waals surface area contributed by atoms with Crippen LogP contribution in [0, 0.1) is 0 Å². The number of hydrogen-bond acceptors (Lipinski definition) is 4. The first-order chi connectivity index (χ1) is 11.4. The minimum atomic E-state index is -4.46. The van der Waals surface area contributed by atoms with Crippen molar-refractivity contribution in [2.75, 3.05) is 0 Å². The first-order valence-corrected chi connectivity index (χ1v) is 10.9. The molecule has 144 valence electrons. The Kier molecular flexibility index (Phi) is 4.82. The van der Waals surface area contributed by atoms with Gasteiger partial charge in [0.25, 0.3) is 20.2 Å². The lowest BCUT2D eigenvalue weighted by Gasteiger charge is -2.25. The molecule has 0 aromatic heterocycles. The van der Waals surface area contributed by atoms with Crippen LogP contribution in [0.1, 0.15) is 52.7 Å². The van der Waals surface area contributed by atoms with Gasteiger partial charge in [-0.05, 0) is 57.0 Å². The molecule has 0 unspecified atom stereocenters. The van der Waals surface area contributed by atoms with Crippen molar-refractivity contribution in [2.45, 2.75) is 62.2 Å². The molecule has 2 aromatic carbocycles. The number of hydrogen-bond donors (Lipinski definition) is 2. The standard InChI is InChI=1S/C18H24O6S2/c1-17(2,3)13-7-11-10-16(26(22,23)24)14(18(4,5)6)8-12(11)9-15(13)25(19,20)21/h7-10H,1-6H3,(H,19,20,21)(H,22,23,24). The van der Waals surface area contributed by atoms with Gasteiger partial charge >= 0.3 is 0 Å². The van der Waals surface area contributed by atoms with Gasteiger partial charge in [0, 0.05) is 0 Å². The summed E-state index contributed by atoms with van der Waals surface area (Å²) < 4.78 is 66.8. The lowest BCUT2D eigenvalue weighted by atomic mass is 9.83. The first-order valence-electron chi connectivity index (χ1n) is 8.00. The minimum absolute atomic E-state index is 0.211. The zero-order valence-corrected chi connectivity index (χ0v) is 17.3. The summed E-state index contributed by atoms with van der Waals surface area (Å²) in [5.41, 5.74) is -0.504. The van der Waals surface area contributed by atoms with E-state index in [0.717, 1.165) is 0 Å². The van der Waals surface area contributed by atoms with E-state index in [4.69, 9.17) is 0 Å². The molecular formula is C18H24O6S2. The number of benzene rings is 2. The van der Waals surface area contributed by atoms with E-state index >= 15 is 0 Å². The highest BCUT2D eigenvalue weighted by atomic mass is 32.2. The monoisotopic (exact) mass is 400 g/mol. The van der Waals surface area contributed by atoms with E-state index in [2.05, 4.69) is 0 Å². The average Bonchev–Trinajstić information content (AvgIpc) is 2.40. The minimum Gasteiger partial charge on any atom is -0.282 e. The maximum Gasteiger partial charge on any atom is 0.294 e. The molecule has 0 aliphatic heterocycles. The van der Waals surface area contributed by atoms with Gasteiger partial charge in [-0.3, -0.25) is 9.11 Å². The molecule has 8 heteroatoms. The molecule has 0 bridgehead atoms. The van der Waals surface area contributed by atoms with Crippen molar-refractivity contribution < 1.29 is 25.9 Å². The van der Waals surface area contributed by atoms with E-state index < -0.39 is 31.1 Å². The number of fused-ring (bicyclic) bond motifs is 1. The van der Waals surface area contributed by atoms with Crippen molar-refractivity contribution in [3.05, 3.63) is 35.4 Å². The molecule has 26 heavy (non-hydrogen) atoms. The largest absolute Gasteiger partial charge is 0.294 e. The second-order valence-corrected chi connectivity index (χ2v) is 11.3. The molecule has 2 aromatic rings. The zero-order chi connectivity index (χ0) is 20.3. The summed E-state index contributed by atoms with van der Waals surface area (Å²) in [6.07, 6.45) is 0. The molecule has 6 nitrogen and oxygen atoms in total. The molecule has 0 saturated heterocycles. The molecule has 2 rings (SSSR count). The van der Waals surface area contributed by atoms with E-state index in [1.165, 1.54) is 12.1 Å². The van der Waals surface area contributed by atoms with Gasteiger partial charge in [-0.1, -0.05) is 41.5 Å². The van der Waals surface area contributed by atoms with Crippen LogP contribution in [0.2, 0.25) is 0 Å². The molecular weight excluding hydrogens is 376 g/mol. The number of rotatable bonds is 2. The fraction of sp³-hybridized carbons (Fsp3) is 0.444. The molecule has 0 spiro atoms. The van der Waals surface area contributed by atoms with Crippen LogP contribution in [-0.2, 0) is 31.1 Å². The summed E-state index contributed by atoms with van der Waals surface area (Å²) in [5.74, 6) is 0. The predicted molar refractivity (Wildman–Crippen MR) is 101 cm³/mol. The molecule has 0 radical (unpaired) electrons. The predicted octanol–water partition coefficient (Wildman–Crippen LogP) is 3.93. The van der Waals surface area contributed by atoms with Gasteiger partial charge in [0.15, 0.2) is 0 Å². The Hall–Kier alpha value is -1.48. The molecule has 0 amide bonds. The van der Waals surface area contributed by atoms with Crippen LogP contribution >= 0.6 is 0 Å². The second-order valence-electron chi connectivity index (χ2n) is 8.49. The van der Waals surface area contributed by atoms with Gasteiger partial charge in [0.1, 0.15) is 0 Å². The summed E-state index contributed by atoms with van der Waals surface area (Å²) in [6.45, 7) is 10.7. The van der Waals surface area contributed by atoms with Crippen molar-refractivity contribution in [1.82, 2.24) is 0 Å². The SMILES string of the molecule is CC(C)(C)c1cc2cc(S(=O)(=O)O)c(C(C)(C)C)cc2cc1S(=O)(=O)O. The van der Waals surface area contributed by atoms with Crippen LogP contribution < -0.4 is 0 Å². The quantitative estimate of drug-likeness (QED) is 0.739. The molecule has 0 atom stereocenters. The highest BCUT2D eigenvalue weighted by Gasteiger charge is 2.28. The topological polar surface area (TPSA) is 109 Å². The normalized spacial score (nSPS) is 14.0. The van der Waals surface area contributed by atoms with Crippen molar-refractivity contribution >= 4 is 31.0 Å². The summed E-state index contributed by atoms with van der Waals surface area (Å²) in [4.78, 5) is -0.422. The van der Waals surface area contributed by atoms with Gasteiger partial charge in [-0.15, -0.1) is 0 Å². The van der Waals surface area contributed by atoms with Crippen LogP contribution in [0.25, 0.3) is 10.8 Å². The average molecular weight is 401 g/mol. The van der Waals surface area contributed by atoms with Gasteiger partial charge in [-0.25, -0.2) is 0 Å². The highest BCUT2D eigenvalue weighted by Crippen LogP contribution is 2.37. The van der Waals surface area contributed by atoms with Gasteiger partial charge in [0.05, 0.1) is 9.79 Å². The molecule has 0 heterocycles. The van der Waals surface area contributed by atoms with E-state index in [1.807, 2.05) is 0 Å². The van der Waals surface area contributed by atoms with Crippen LogP contribution in [-0.4, -0.2) is 25.9 Å². The molecule has 0 fully saturated rings. The summed E-state index contributed by atoms with van der Waals surface area (Å²) >= 11 is 0. The first kappa shape index (κ1) is 20.8. The van der Waals surface area contributed by atoms with Gasteiger partial charge in [0.2, 0.25) is 0 Å². The van der Waals surface area contributed by atoms with Gasteiger partial charge in [-0.2, -0.15) is 16.8 Å². The van der Waals surface area contributed by atoms with Crippen molar-refractivity contribution in [3.8, 4) is 0 Å². The lowest BCUT2D eigenvalue weighted by Crippen LogP contribution is -2.18. The third-order valence-electron chi connectivity index (χ3n) is 4.21.